The quantitative estimate of drug-likeness (QED) is 0.823. The summed E-state index contributed by atoms with van der Waals surface area (Å²) in [4.78, 5) is 2.02. The molecule has 0 amide bonds. The van der Waals surface area contributed by atoms with Crippen LogP contribution in [0, 0.1) is 11.8 Å². The summed E-state index contributed by atoms with van der Waals surface area (Å²) in [6, 6.07) is 0.276. The number of thioether (sulfide) groups is 1. The van der Waals surface area contributed by atoms with E-state index in [1.54, 1.807) is 0 Å². The van der Waals surface area contributed by atoms with E-state index in [4.69, 9.17) is 0 Å². The average molecular weight is 337 g/mol. The Morgan fingerprint density at radius 3 is 2.45 bits per heavy atom. The second kappa shape index (κ2) is 6.89. The van der Waals surface area contributed by atoms with Crippen LogP contribution in [-0.4, -0.2) is 46.0 Å². The predicted octanol–water partition coefficient (Wildman–Crippen LogP) is 4.03. The molecule has 1 saturated heterocycles. The van der Waals surface area contributed by atoms with Gasteiger partial charge < -0.3 is 5.11 Å². The largest absolute Gasteiger partial charge is 0.392 e. The van der Waals surface area contributed by atoms with Crippen molar-refractivity contribution in [3.05, 3.63) is 0 Å². The van der Waals surface area contributed by atoms with E-state index in [-0.39, 0.29) is 18.4 Å². The smallest absolute Gasteiger partial charge is 0.377 e. The number of nitrogens with zero attached hydrogens (tertiary/aromatic N) is 1. The molecule has 0 spiro atoms. The molecule has 2 saturated carbocycles. The summed E-state index contributed by atoms with van der Waals surface area (Å²) >= 11 is 1.81. The van der Waals surface area contributed by atoms with Gasteiger partial charge in [0.05, 0.1) is 5.92 Å². The zero-order valence-corrected chi connectivity index (χ0v) is 13.7. The Bertz CT molecular complexity index is 379. The van der Waals surface area contributed by atoms with Crippen molar-refractivity contribution in [2.75, 3.05) is 12.3 Å². The van der Waals surface area contributed by atoms with E-state index in [1.165, 1.54) is 6.42 Å². The van der Waals surface area contributed by atoms with E-state index < -0.39 is 18.3 Å². The first-order valence-corrected chi connectivity index (χ1v) is 9.64. The summed E-state index contributed by atoms with van der Waals surface area (Å²) in [5, 5.41) is 10.9. The molecule has 5 unspecified atom stereocenters. The minimum Gasteiger partial charge on any atom is -0.377 e. The highest BCUT2D eigenvalue weighted by Gasteiger charge is 2.47. The minimum absolute atomic E-state index is 0.265. The Labute approximate surface area is 134 Å². The maximum atomic E-state index is 13.3. The summed E-state index contributed by atoms with van der Waals surface area (Å²) in [6.07, 6.45) is 2.36. The van der Waals surface area contributed by atoms with Crippen molar-refractivity contribution < 1.29 is 18.3 Å². The highest BCUT2D eigenvalue weighted by molar-refractivity contribution is 8.00. The summed E-state index contributed by atoms with van der Waals surface area (Å²) in [5.41, 5.74) is 0. The normalized spacial score (nSPS) is 41.2. The van der Waals surface area contributed by atoms with Crippen LogP contribution in [0.1, 0.15) is 51.4 Å². The Kier molecular flexibility index (Phi) is 5.30. The first-order valence-electron chi connectivity index (χ1n) is 8.59. The molecule has 6 heteroatoms. The molecule has 2 aliphatic carbocycles. The van der Waals surface area contributed by atoms with Crippen molar-refractivity contribution in [2.45, 2.75) is 75.1 Å². The van der Waals surface area contributed by atoms with Gasteiger partial charge >= 0.3 is 6.18 Å². The minimum atomic E-state index is -4.09. The first-order chi connectivity index (χ1) is 10.5. The monoisotopic (exact) mass is 337 g/mol. The third-order valence-corrected chi connectivity index (χ3v) is 7.18. The lowest BCUT2D eigenvalue weighted by Gasteiger charge is -2.48. The van der Waals surface area contributed by atoms with Crippen molar-refractivity contribution in [3.8, 4) is 0 Å². The van der Waals surface area contributed by atoms with Crippen molar-refractivity contribution in [3.63, 3.8) is 0 Å². The second-order valence-corrected chi connectivity index (χ2v) is 8.37. The highest BCUT2D eigenvalue weighted by atomic mass is 32.2. The molecule has 5 atom stereocenters. The van der Waals surface area contributed by atoms with Crippen LogP contribution in [-0.2, 0) is 0 Å². The topological polar surface area (TPSA) is 23.5 Å². The van der Waals surface area contributed by atoms with Gasteiger partial charge in [-0.2, -0.15) is 24.9 Å². The lowest BCUT2D eigenvalue weighted by molar-refractivity contribution is -0.201. The Balaban J connectivity index is 1.71. The van der Waals surface area contributed by atoms with Crippen molar-refractivity contribution in [1.82, 2.24) is 4.90 Å². The number of halogens is 3. The average Bonchev–Trinajstić information content (AvgIpc) is 2.50. The predicted molar refractivity (Wildman–Crippen MR) is 82.7 cm³/mol. The first kappa shape index (κ1) is 16.9. The van der Waals surface area contributed by atoms with E-state index in [0.29, 0.717) is 30.4 Å². The molecule has 22 heavy (non-hydrogen) atoms. The standard InChI is InChI=1S/C16H26F3NOS/c17-16(18,19)12-6-2-1-5-11(12)9-20-13-7-3-4-8-14(13)22-10-15(20)21/h11-15,21H,1-10H2. The molecule has 1 heterocycles. The Morgan fingerprint density at radius 1 is 1.00 bits per heavy atom. The van der Waals surface area contributed by atoms with Gasteiger partial charge in [-0.15, -0.1) is 0 Å². The van der Waals surface area contributed by atoms with Crippen molar-refractivity contribution in [1.29, 1.82) is 0 Å². The molecule has 2 nitrogen and oxygen atoms in total. The number of rotatable bonds is 2. The summed E-state index contributed by atoms with van der Waals surface area (Å²) < 4.78 is 39.9. The van der Waals surface area contributed by atoms with E-state index in [9.17, 15) is 18.3 Å². The molecule has 0 bridgehead atoms. The van der Waals surface area contributed by atoms with Gasteiger partial charge in [-0.1, -0.05) is 25.7 Å². The van der Waals surface area contributed by atoms with Gasteiger partial charge in [-0.05, 0) is 31.6 Å². The fraction of sp³-hybridized carbons (Fsp3) is 1.00. The molecule has 3 aliphatic rings. The fourth-order valence-electron chi connectivity index (χ4n) is 4.56. The van der Waals surface area contributed by atoms with Crippen molar-refractivity contribution in [2.24, 2.45) is 11.8 Å². The highest BCUT2D eigenvalue weighted by Crippen LogP contribution is 2.44. The number of aliphatic hydroxyl groups is 1. The Hall–Kier alpha value is 0.0600. The van der Waals surface area contributed by atoms with Crippen LogP contribution in [0.5, 0.6) is 0 Å². The molecule has 0 aromatic heterocycles. The zero-order valence-electron chi connectivity index (χ0n) is 12.9. The molecule has 0 aromatic rings. The molecular formula is C16H26F3NOS. The van der Waals surface area contributed by atoms with E-state index >= 15 is 0 Å². The van der Waals surface area contributed by atoms with Crippen LogP contribution in [0.3, 0.4) is 0 Å². The zero-order chi connectivity index (χ0) is 15.7. The van der Waals surface area contributed by atoms with Crippen LogP contribution < -0.4 is 0 Å². The Morgan fingerprint density at radius 2 is 1.68 bits per heavy atom. The fourth-order valence-corrected chi connectivity index (χ4v) is 6.02. The molecule has 128 valence electrons. The molecule has 0 radical (unpaired) electrons. The number of alkyl halides is 3. The van der Waals surface area contributed by atoms with Crippen molar-refractivity contribution >= 4 is 11.8 Å². The van der Waals surface area contributed by atoms with Gasteiger partial charge in [0.1, 0.15) is 6.23 Å². The third kappa shape index (κ3) is 3.59. The molecule has 0 aromatic carbocycles. The van der Waals surface area contributed by atoms with Gasteiger partial charge in [0.25, 0.3) is 0 Å². The maximum Gasteiger partial charge on any atom is 0.392 e. The van der Waals surface area contributed by atoms with Crippen LogP contribution in [0.2, 0.25) is 0 Å². The van der Waals surface area contributed by atoms with Gasteiger partial charge in [0.15, 0.2) is 0 Å². The lowest BCUT2D eigenvalue weighted by Crippen LogP contribution is -2.56. The van der Waals surface area contributed by atoms with Crippen LogP contribution in [0.25, 0.3) is 0 Å². The maximum absolute atomic E-state index is 13.3. The van der Waals surface area contributed by atoms with E-state index in [0.717, 1.165) is 25.7 Å². The summed E-state index contributed by atoms with van der Waals surface area (Å²) in [6.45, 7) is 0.424. The second-order valence-electron chi connectivity index (χ2n) is 7.09. The molecule has 1 N–H and O–H groups in total. The summed E-state index contributed by atoms with van der Waals surface area (Å²) in [5.74, 6) is -0.871. The number of fused-ring (bicyclic) bond motifs is 1. The third-order valence-electron chi connectivity index (χ3n) is 5.71. The SMILES string of the molecule is OC1CSC2CCCCC2N1CC1CCCCC1C(F)(F)F. The molecular weight excluding hydrogens is 311 g/mol. The van der Waals surface area contributed by atoms with Gasteiger partial charge in [-0.3, -0.25) is 4.90 Å². The van der Waals surface area contributed by atoms with Crippen LogP contribution in [0.4, 0.5) is 13.2 Å². The van der Waals surface area contributed by atoms with E-state index in [2.05, 4.69) is 0 Å². The molecule has 3 fully saturated rings. The van der Waals surface area contributed by atoms with Gasteiger partial charge in [-0.25, -0.2) is 0 Å². The number of aliphatic hydroxyl groups excluding tert-OH is 1. The molecule has 3 rings (SSSR count). The lowest BCUT2D eigenvalue weighted by atomic mass is 9.78. The van der Waals surface area contributed by atoms with E-state index in [1.807, 2.05) is 16.7 Å². The molecule has 1 aliphatic heterocycles. The van der Waals surface area contributed by atoms with Crippen LogP contribution >= 0.6 is 11.8 Å². The number of hydrogen-bond donors (Lipinski definition) is 1. The van der Waals surface area contributed by atoms with Crippen LogP contribution in [0.15, 0.2) is 0 Å². The van der Waals surface area contributed by atoms with Gasteiger partial charge in [0, 0.05) is 23.6 Å². The number of hydrogen-bond acceptors (Lipinski definition) is 3. The summed E-state index contributed by atoms with van der Waals surface area (Å²) in [7, 11) is 0. The van der Waals surface area contributed by atoms with Gasteiger partial charge in [0.2, 0.25) is 0 Å².